The molecular formula is C33H30N4O3. The summed E-state index contributed by atoms with van der Waals surface area (Å²) in [6, 6.07) is 25.3. The highest BCUT2D eigenvalue weighted by molar-refractivity contribution is 5.97. The van der Waals surface area contributed by atoms with Crippen LogP contribution in [0, 0.1) is 0 Å². The van der Waals surface area contributed by atoms with Crippen LogP contribution in [-0.2, 0) is 17.6 Å². The van der Waals surface area contributed by atoms with E-state index in [1.54, 1.807) is 24.3 Å². The number of imidazole rings is 2. The number of rotatable bonds is 8. The quantitative estimate of drug-likeness (QED) is 0.250. The number of ketones is 1. The number of phenols is 2. The van der Waals surface area contributed by atoms with E-state index in [1.165, 1.54) is 0 Å². The maximum Gasteiger partial charge on any atom is 0.159 e. The average molecular weight is 531 g/mol. The third-order valence-electron chi connectivity index (χ3n) is 7.52. The number of aryl methyl sites for hydroxylation is 2. The highest BCUT2D eigenvalue weighted by Gasteiger charge is 2.38. The Balaban J connectivity index is 1.65. The van der Waals surface area contributed by atoms with Gasteiger partial charge in [-0.3, -0.25) is 4.79 Å². The number of carbonyl (C=O) groups is 1. The van der Waals surface area contributed by atoms with E-state index >= 15 is 4.79 Å². The van der Waals surface area contributed by atoms with Crippen LogP contribution >= 0.6 is 0 Å². The van der Waals surface area contributed by atoms with Crippen LogP contribution in [0.5, 0.6) is 11.5 Å². The first-order valence-corrected chi connectivity index (χ1v) is 13.5. The van der Waals surface area contributed by atoms with Crippen LogP contribution in [0.4, 0.5) is 0 Å². The van der Waals surface area contributed by atoms with Gasteiger partial charge in [0.1, 0.15) is 22.8 Å². The Bertz CT molecular complexity index is 1680. The summed E-state index contributed by atoms with van der Waals surface area (Å²) in [6.45, 7) is 4.08. The van der Waals surface area contributed by atoms with Crippen LogP contribution in [0.3, 0.4) is 0 Å². The first-order chi connectivity index (χ1) is 19.5. The van der Waals surface area contributed by atoms with Gasteiger partial charge in [-0.05, 0) is 72.5 Å². The molecule has 2 unspecified atom stereocenters. The molecule has 2 aromatic carbocycles. The summed E-state index contributed by atoms with van der Waals surface area (Å²) >= 11 is 0. The number of pyridine rings is 2. The molecule has 40 heavy (non-hydrogen) atoms. The predicted octanol–water partition coefficient (Wildman–Crippen LogP) is 6.05. The topological polar surface area (TPSA) is 92.1 Å². The summed E-state index contributed by atoms with van der Waals surface area (Å²) in [6.07, 6.45) is 5.19. The van der Waals surface area contributed by atoms with Crippen molar-refractivity contribution in [2.75, 3.05) is 0 Å². The van der Waals surface area contributed by atoms with Crippen molar-refractivity contribution in [1.82, 2.24) is 18.8 Å². The number of Topliss-reactive ketones (excluding diaryl/α,β-unsaturated/α-hetero) is 1. The lowest BCUT2D eigenvalue weighted by atomic mass is 9.79. The molecule has 0 radical (unpaired) electrons. The molecular weight excluding hydrogens is 500 g/mol. The Kier molecular flexibility index (Phi) is 6.56. The molecule has 2 N–H and O–H groups in total. The summed E-state index contributed by atoms with van der Waals surface area (Å²) in [4.78, 5) is 25.0. The fourth-order valence-electron chi connectivity index (χ4n) is 5.67. The molecule has 0 spiro atoms. The monoisotopic (exact) mass is 530 g/mol. The second-order valence-corrected chi connectivity index (χ2v) is 9.90. The van der Waals surface area contributed by atoms with Gasteiger partial charge in [0, 0.05) is 12.4 Å². The van der Waals surface area contributed by atoms with Gasteiger partial charge in [0.2, 0.25) is 0 Å². The van der Waals surface area contributed by atoms with Crippen molar-refractivity contribution in [2.45, 2.75) is 38.5 Å². The van der Waals surface area contributed by atoms with Gasteiger partial charge in [-0.1, -0.05) is 50.2 Å². The van der Waals surface area contributed by atoms with Crippen LogP contribution in [0.1, 0.15) is 59.6 Å². The SMILES string of the molecule is CCc1nc2ccccn2c1C(C(=O)C(c1ccc(O)cc1)c1c(CC)nc2ccccn12)c1ccc(O)cc1. The minimum absolute atomic E-state index is 0.0444. The van der Waals surface area contributed by atoms with Gasteiger partial charge in [0.05, 0.1) is 34.6 Å². The number of carbonyl (C=O) groups excluding carboxylic acids is 1. The Labute approximate surface area is 232 Å². The van der Waals surface area contributed by atoms with E-state index in [0.29, 0.717) is 12.8 Å². The standard InChI is InChI=1S/C33H30N4O3/c1-3-25-31(36-19-7-5-9-27(36)34-25)29(21-11-15-23(38)16-12-21)33(40)30(22-13-17-24(39)18-14-22)32-26(4-2)35-28-10-6-8-20-37(28)32/h5-20,29-30,38-39H,3-4H2,1-2H3. The van der Waals surface area contributed by atoms with Crippen LogP contribution in [0.25, 0.3) is 11.3 Å². The number of benzene rings is 2. The lowest BCUT2D eigenvalue weighted by Gasteiger charge is -2.25. The zero-order valence-corrected chi connectivity index (χ0v) is 22.4. The molecule has 4 aromatic heterocycles. The number of aromatic hydroxyl groups is 2. The first kappa shape index (κ1) is 25.4. The Morgan fingerprint density at radius 1 is 0.650 bits per heavy atom. The van der Waals surface area contributed by atoms with Gasteiger partial charge in [0.25, 0.3) is 0 Å². The molecule has 0 amide bonds. The van der Waals surface area contributed by atoms with Gasteiger partial charge in [-0.15, -0.1) is 0 Å². The summed E-state index contributed by atoms with van der Waals surface area (Å²) in [5, 5.41) is 20.2. The summed E-state index contributed by atoms with van der Waals surface area (Å²) in [7, 11) is 0. The van der Waals surface area contributed by atoms with Gasteiger partial charge in [-0.2, -0.15) is 0 Å². The second-order valence-electron chi connectivity index (χ2n) is 9.90. The molecule has 2 atom stereocenters. The highest BCUT2D eigenvalue weighted by Crippen LogP contribution is 2.39. The number of fused-ring (bicyclic) bond motifs is 2. The van der Waals surface area contributed by atoms with Gasteiger partial charge in [-0.25, -0.2) is 9.97 Å². The molecule has 200 valence electrons. The number of hydrogen-bond donors (Lipinski definition) is 2. The zero-order valence-electron chi connectivity index (χ0n) is 22.4. The minimum atomic E-state index is -0.689. The first-order valence-electron chi connectivity index (χ1n) is 13.5. The van der Waals surface area contributed by atoms with E-state index in [1.807, 2.05) is 95.7 Å². The molecule has 0 saturated carbocycles. The van der Waals surface area contributed by atoms with Crippen molar-refractivity contribution in [1.29, 1.82) is 0 Å². The Morgan fingerprint density at radius 2 is 1.05 bits per heavy atom. The van der Waals surface area contributed by atoms with Crippen LogP contribution in [0.15, 0.2) is 97.3 Å². The molecule has 0 aliphatic heterocycles. The third kappa shape index (κ3) is 4.29. The minimum Gasteiger partial charge on any atom is -0.508 e. The lowest BCUT2D eigenvalue weighted by molar-refractivity contribution is -0.120. The molecule has 0 aliphatic carbocycles. The fraction of sp³-hybridized carbons (Fsp3) is 0.182. The normalized spacial score (nSPS) is 13.1. The molecule has 6 rings (SSSR count). The van der Waals surface area contributed by atoms with Gasteiger partial charge < -0.3 is 19.0 Å². The van der Waals surface area contributed by atoms with E-state index in [2.05, 4.69) is 0 Å². The number of phenolic OH excluding ortho intramolecular Hbond substituents is 2. The van der Waals surface area contributed by atoms with Crippen molar-refractivity contribution in [2.24, 2.45) is 0 Å². The maximum atomic E-state index is 15.2. The van der Waals surface area contributed by atoms with Gasteiger partial charge >= 0.3 is 0 Å². The van der Waals surface area contributed by atoms with Crippen LogP contribution in [-0.4, -0.2) is 34.8 Å². The Morgan fingerprint density at radius 3 is 1.43 bits per heavy atom. The fourth-order valence-corrected chi connectivity index (χ4v) is 5.67. The number of hydrogen-bond acceptors (Lipinski definition) is 5. The van der Waals surface area contributed by atoms with Crippen molar-refractivity contribution < 1.29 is 15.0 Å². The summed E-state index contributed by atoms with van der Waals surface area (Å²) in [5.41, 5.74) is 6.38. The molecule has 0 fully saturated rings. The summed E-state index contributed by atoms with van der Waals surface area (Å²) in [5.74, 6) is -1.16. The number of nitrogens with zero attached hydrogens (tertiary/aromatic N) is 4. The van der Waals surface area contributed by atoms with E-state index in [0.717, 1.165) is 45.2 Å². The van der Waals surface area contributed by atoms with Crippen LogP contribution < -0.4 is 0 Å². The third-order valence-corrected chi connectivity index (χ3v) is 7.52. The Hall–Kier alpha value is -4.91. The molecule has 7 nitrogen and oxygen atoms in total. The summed E-state index contributed by atoms with van der Waals surface area (Å²) < 4.78 is 3.99. The molecule has 0 saturated heterocycles. The number of aromatic nitrogens is 4. The maximum absolute atomic E-state index is 15.2. The largest absolute Gasteiger partial charge is 0.508 e. The zero-order chi connectivity index (χ0) is 27.8. The van der Waals surface area contributed by atoms with E-state index in [-0.39, 0.29) is 17.3 Å². The highest BCUT2D eigenvalue weighted by atomic mass is 16.3. The van der Waals surface area contributed by atoms with Crippen LogP contribution in [0.2, 0.25) is 0 Å². The van der Waals surface area contributed by atoms with E-state index < -0.39 is 11.8 Å². The predicted molar refractivity (Wildman–Crippen MR) is 154 cm³/mol. The van der Waals surface area contributed by atoms with E-state index in [4.69, 9.17) is 9.97 Å². The van der Waals surface area contributed by atoms with Crippen molar-refractivity contribution >= 4 is 17.1 Å². The smallest absolute Gasteiger partial charge is 0.159 e. The lowest BCUT2D eigenvalue weighted by Crippen LogP contribution is -2.26. The average Bonchev–Trinajstić information content (AvgIpc) is 3.54. The van der Waals surface area contributed by atoms with Crippen molar-refractivity contribution in [3.05, 3.63) is 131 Å². The molecule has 4 heterocycles. The molecule has 6 aromatic rings. The molecule has 0 bridgehead atoms. The van der Waals surface area contributed by atoms with Gasteiger partial charge in [0.15, 0.2) is 5.78 Å². The second kappa shape index (κ2) is 10.3. The molecule has 7 heteroatoms. The van der Waals surface area contributed by atoms with Crippen molar-refractivity contribution in [3.63, 3.8) is 0 Å². The molecule has 0 aliphatic rings. The van der Waals surface area contributed by atoms with Crippen molar-refractivity contribution in [3.8, 4) is 11.5 Å². The van der Waals surface area contributed by atoms with E-state index in [9.17, 15) is 10.2 Å².